The van der Waals surface area contributed by atoms with Crippen molar-refractivity contribution in [2.45, 2.75) is 19.9 Å². The average Bonchev–Trinajstić information content (AvgIpc) is 2.61. The van der Waals surface area contributed by atoms with E-state index in [9.17, 15) is 9.59 Å². The van der Waals surface area contributed by atoms with Gasteiger partial charge in [0.2, 0.25) is 5.91 Å². The quantitative estimate of drug-likeness (QED) is 0.858. The molecule has 0 aliphatic heterocycles. The van der Waals surface area contributed by atoms with Gasteiger partial charge in [0.25, 0.3) is 0 Å². The van der Waals surface area contributed by atoms with Gasteiger partial charge < -0.3 is 5.32 Å². The van der Waals surface area contributed by atoms with Gasteiger partial charge in [0, 0.05) is 18.8 Å². The van der Waals surface area contributed by atoms with Crippen molar-refractivity contribution in [3.63, 3.8) is 0 Å². The molecule has 1 aromatic carbocycles. The summed E-state index contributed by atoms with van der Waals surface area (Å²) in [5.41, 5.74) is 2.24. The highest BCUT2D eigenvalue weighted by molar-refractivity contribution is 6.00. The van der Waals surface area contributed by atoms with Crippen LogP contribution in [0.4, 0.5) is 5.69 Å². The van der Waals surface area contributed by atoms with Crippen molar-refractivity contribution < 1.29 is 4.79 Å². The molecule has 0 radical (unpaired) electrons. The van der Waals surface area contributed by atoms with E-state index in [-0.39, 0.29) is 17.6 Å². The summed E-state index contributed by atoms with van der Waals surface area (Å²) in [5, 5.41) is 2.70. The lowest BCUT2D eigenvalue weighted by atomic mass is 10.2. The minimum absolute atomic E-state index is 0.0570. The number of carbonyl (C=O) groups is 1. The fourth-order valence-corrected chi connectivity index (χ4v) is 2.14. The van der Waals surface area contributed by atoms with Crippen molar-refractivity contribution in [1.29, 1.82) is 0 Å². The molecule has 0 aliphatic rings. The Morgan fingerprint density at radius 1 is 1.37 bits per heavy atom. The van der Waals surface area contributed by atoms with Crippen LogP contribution >= 0.6 is 0 Å². The van der Waals surface area contributed by atoms with Crippen LogP contribution < -0.4 is 11.0 Å². The van der Waals surface area contributed by atoms with Gasteiger partial charge in [-0.3, -0.25) is 13.9 Å². The first-order chi connectivity index (χ1) is 8.95. The van der Waals surface area contributed by atoms with Gasteiger partial charge in [-0.1, -0.05) is 6.58 Å². The fourth-order valence-electron chi connectivity index (χ4n) is 2.14. The Morgan fingerprint density at radius 2 is 2.05 bits per heavy atom. The Morgan fingerprint density at radius 3 is 2.63 bits per heavy atom. The molecule has 5 nitrogen and oxygen atoms in total. The number of fused-ring (bicyclic) bond motifs is 1. The summed E-state index contributed by atoms with van der Waals surface area (Å²) in [6.45, 7) is 7.32. The van der Waals surface area contributed by atoms with E-state index in [4.69, 9.17) is 0 Å². The number of nitrogens with one attached hydrogen (secondary N) is 1. The molecule has 0 unspecified atom stereocenters. The van der Waals surface area contributed by atoms with E-state index in [0.717, 1.165) is 11.0 Å². The number of carbonyl (C=O) groups excluding carboxylic acids is 1. The third kappa shape index (κ3) is 2.19. The molecule has 0 saturated carbocycles. The highest BCUT2D eigenvalue weighted by Crippen LogP contribution is 2.20. The first-order valence-corrected chi connectivity index (χ1v) is 6.10. The van der Waals surface area contributed by atoms with Crippen molar-refractivity contribution in [1.82, 2.24) is 9.13 Å². The first kappa shape index (κ1) is 13.1. The normalized spacial score (nSPS) is 10.9. The van der Waals surface area contributed by atoms with E-state index in [1.54, 1.807) is 28.3 Å². The van der Waals surface area contributed by atoms with E-state index in [1.807, 2.05) is 19.9 Å². The van der Waals surface area contributed by atoms with Crippen LogP contribution in [0, 0.1) is 0 Å². The van der Waals surface area contributed by atoms with Crippen LogP contribution in [0.25, 0.3) is 11.0 Å². The third-order valence-corrected chi connectivity index (χ3v) is 3.06. The van der Waals surface area contributed by atoms with Crippen molar-refractivity contribution in [2.24, 2.45) is 7.05 Å². The van der Waals surface area contributed by atoms with E-state index >= 15 is 0 Å². The minimum Gasteiger partial charge on any atom is -0.322 e. The van der Waals surface area contributed by atoms with Gasteiger partial charge in [0.1, 0.15) is 0 Å². The molecule has 1 aromatic heterocycles. The maximum Gasteiger partial charge on any atom is 0.329 e. The standard InChI is InChI=1S/C14H17N3O2/c1-5-13(18)15-10-6-7-11-12(8-10)17(9(2)3)14(19)16(11)4/h5-9H,1H2,2-4H3,(H,15,18). The number of amides is 1. The number of anilines is 1. The molecule has 0 saturated heterocycles. The molecule has 5 heteroatoms. The highest BCUT2D eigenvalue weighted by atomic mass is 16.2. The van der Waals surface area contributed by atoms with Gasteiger partial charge in [-0.15, -0.1) is 0 Å². The van der Waals surface area contributed by atoms with Gasteiger partial charge >= 0.3 is 5.69 Å². The average molecular weight is 259 g/mol. The third-order valence-electron chi connectivity index (χ3n) is 3.06. The van der Waals surface area contributed by atoms with Crippen LogP contribution in [-0.4, -0.2) is 15.0 Å². The van der Waals surface area contributed by atoms with Crippen molar-refractivity contribution in [3.8, 4) is 0 Å². The maximum atomic E-state index is 12.1. The monoisotopic (exact) mass is 259 g/mol. The van der Waals surface area contributed by atoms with Gasteiger partial charge in [0.15, 0.2) is 0 Å². The van der Waals surface area contributed by atoms with Crippen molar-refractivity contribution >= 4 is 22.6 Å². The molecule has 0 fully saturated rings. The number of hydrogen-bond donors (Lipinski definition) is 1. The maximum absolute atomic E-state index is 12.1. The number of nitrogens with zero attached hydrogens (tertiary/aromatic N) is 2. The first-order valence-electron chi connectivity index (χ1n) is 6.10. The van der Waals surface area contributed by atoms with E-state index in [0.29, 0.717) is 5.69 Å². The summed E-state index contributed by atoms with van der Waals surface area (Å²) in [6.07, 6.45) is 1.21. The number of rotatable bonds is 3. The summed E-state index contributed by atoms with van der Waals surface area (Å²) in [5.74, 6) is -0.270. The summed E-state index contributed by atoms with van der Waals surface area (Å²) >= 11 is 0. The number of aromatic nitrogens is 2. The number of aryl methyl sites for hydroxylation is 1. The summed E-state index contributed by atoms with van der Waals surface area (Å²) < 4.78 is 3.31. The van der Waals surface area contributed by atoms with Crippen LogP contribution in [0.5, 0.6) is 0 Å². The summed E-state index contributed by atoms with van der Waals surface area (Å²) in [6, 6.07) is 5.46. The van der Waals surface area contributed by atoms with Crippen LogP contribution in [0.1, 0.15) is 19.9 Å². The molecule has 0 aliphatic carbocycles. The lowest BCUT2D eigenvalue weighted by Crippen LogP contribution is -2.23. The Kier molecular flexibility index (Phi) is 3.29. The smallest absolute Gasteiger partial charge is 0.322 e. The van der Waals surface area contributed by atoms with Gasteiger partial charge in [-0.2, -0.15) is 0 Å². The molecular formula is C14H17N3O2. The zero-order chi connectivity index (χ0) is 14.2. The second-order valence-corrected chi connectivity index (χ2v) is 4.70. The van der Waals surface area contributed by atoms with Gasteiger partial charge in [0.05, 0.1) is 11.0 Å². The van der Waals surface area contributed by atoms with Gasteiger partial charge in [-0.25, -0.2) is 4.79 Å². The topological polar surface area (TPSA) is 56.0 Å². The number of benzene rings is 1. The molecule has 1 heterocycles. The molecular weight excluding hydrogens is 242 g/mol. The SMILES string of the molecule is C=CC(=O)Nc1ccc2c(c1)n(C(C)C)c(=O)n2C. The minimum atomic E-state index is -0.270. The zero-order valence-corrected chi connectivity index (χ0v) is 11.3. The molecule has 2 aromatic rings. The Bertz CT molecular complexity index is 707. The molecule has 0 spiro atoms. The zero-order valence-electron chi connectivity index (χ0n) is 11.3. The van der Waals surface area contributed by atoms with Crippen molar-refractivity contribution in [3.05, 3.63) is 41.3 Å². The fraction of sp³-hybridized carbons (Fsp3) is 0.286. The molecule has 0 bridgehead atoms. The lowest BCUT2D eigenvalue weighted by Gasteiger charge is -2.08. The molecule has 1 amide bonds. The van der Waals surface area contributed by atoms with E-state index < -0.39 is 0 Å². The molecule has 1 N–H and O–H groups in total. The van der Waals surface area contributed by atoms with Gasteiger partial charge in [-0.05, 0) is 38.1 Å². The second-order valence-electron chi connectivity index (χ2n) is 4.70. The van der Waals surface area contributed by atoms with Crippen molar-refractivity contribution in [2.75, 3.05) is 5.32 Å². The van der Waals surface area contributed by atoms with Crippen LogP contribution in [0.3, 0.4) is 0 Å². The van der Waals surface area contributed by atoms with Crippen LogP contribution in [0.2, 0.25) is 0 Å². The van der Waals surface area contributed by atoms with E-state index in [2.05, 4.69) is 11.9 Å². The Hall–Kier alpha value is -2.30. The largest absolute Gasteiger partial charge is 0.329 e. The Balaban J connectivity index is 2.64. The predicted octanol–water partition coefficient (Wildman–Crippen LogP) is 2.05. The number of imidazole rings is 1. The molecule has 0 atom stereocenters. The number of hydrogen-bond acceptors (Lipinski definition) is 2. The molecule has 100 valence electrons. The Labute approximate surface area is 111 Å². The van der Waals surface area contributed by atoms with Crippen LogP contribution in [-0.2, 0) is 11.8 Å². The predicted molar refractivity (Wildman–Crippen MR) is 76.4 cm³/mol. The molecule has 19 heavy (non-hydrogen) atoms. The summed E-state index contributed by atoms with van der Waals surface area (Å²) in [4.78, 5) is 23.4. The lowest BCUT2D eigenvalue weighted by molar-refractivity contribution is -0.111. The van der Waals surface area contributed by atoms with E-state index in [1.165, 1.54) is 6.08 Å². The molecule has 2 rings (SSSR count). The second kappa shape index (κ2) is 4.76. The van der Waals surface area contributed by atoms with Crippen LogP contribution in [0.15, 0.2) is 35.6 Å². The highest BCUT2D eigenvalue weighted by Gasteiger charge is 2.13. The summed E-state index contributed by atoms with van der Waals surface area (Å²) in [7, 11) is 1.74.